The molecule has 0 aliphatic carbocycles. The quantitative estimate of drug-likeness (QED) is 0.444. The highest BCUT2D eigenvalue weighted by atomic mass is 32.2. The first-order valence-corrected chi connectivity index (χ1v) is 6.31. The molecule has 0 rings (SSSR count). The van der Waals surface area contributed by atoms with Crippen molar-refractivity contribution in [3.05, 3.63) is 12.7 Å². The molecule has 5 heteroatoms. The molecule has 0 atom stereocenters. The van der Waals surface area contributed by atoms with E-state index in [1.165, 1.54) is 11.8 Å². The minimum Gasteiger partial charge on any atom is -0.449 e. The molecular formula is C10H17NO2S2. The van der Waals surface area contributed by atoms with Gasteiger partial charge in [-0.25, -0.2) is 4.79 Å². The van der Waals surface area contributed by atoms with Crippen LogP contribution in [0.5, 0.6) is 0 Å². The summed E-state index contributed by atoms with van der Waals surface area (Å²) in [4.78, 5) is 11.1. The summed E-state index contributed by atoms with van der Waals surface area (Å²) in [5.41, 5.74) is 0. The minimum atomic E-state index is -0.465. The maximum Gasteiger partial charge on any atom is 0.412 e. The highest BCUT2D eigenvalue weighted by Gasteiger charge is 2.04. The Hall–Kier alpha value is -0.550. The van der Waals surface area contributed by atoms with Gasteiger partial charge in [-0.2, -0.15) is 0 Å². The Kier molecular flexibility index (Phi) is 9.62. The number of carbonyl (C=O) groups is 1. The lowest BCUT2D eigenvalue weighted by atomic mass is 10.3. The van der Waals surface area contributed by atoms with Gasteiger partial charge in [0.15, 0.2) is 0 Å². The number of amides is 1. The van der Waals surface area contributed by atoms with Crippen LogP contribution in [0.4, 0.5) is 4.79 Å². The van der Waals surface area contributed by atoms with E-state index in [1.54, 1.807) is 6.08 Å². The van der Waals surface area contributed by atoms with Crippen LogP contribution in [0.15, 0.2) is 12.7 Å². The number of hydrogen-bond acceptors (Lipinski definition) is 4. The number of nitrogens with one attached hydrogen (secondary N) is 1. The van der Waals surface area contributed by atoms with Gasteiger partial charge in [0.05, 0.1) is 6.61 Å². The summed E-state index contributed by atoms with van der Waals surface area (Å²) in [6, 6.07) is 0. The third kappa shape index (κ3) is 9.75. The molecule has 3 nitrogen and oxygen atoms in total. The molecule has 0 aliphatic rings. The van der Waals surface area contributed by atoms with E-state index in [0.717, 1.165) is 19.3 Å². The van der Waals surface area contributed by atoms with Crippen molar-refractivity contribution >= 4 is 34.4 Å². The second kappa shape index (κ2) is 9.98. The number of alkyl carbamates (subject to hydrolysis) is 1. The summed E-state index contributed by atoms with van der Waals surface area (Å²) < 4.78 is 5.34. The molecule has 0 aliphatic heterocycles. The number of thiocarbonyl (C=S) groups is 1. The molecular weight excluding hydrogens is 230 g/mol. The average molecular weight is 247 g/mol. The van der Waals surface area contributed by atoms with Crippen LogP contribution in [0, 0.1) is 0 Å². The fourth-order valence-electron chi connectivity index (χ4n) is 0.807. The van der Waals surface area contributed by atoms with Crippen molar-refractivity contribution < 1.29 is 9.53 Å². The zero-order valence-corrected chi connectivity index (χ0v) is 10.6. The van der Waals surface area contributed by atoms with Crippen molar-refractivity contribution in [1.29, 1.82) is 0 Å². The highest BCUT2D eigenvalue weighted by molar-refractivity contribution is 8.23. The largest absolute Gasteiger partial charge is 0.449 e. The van der Waals surface area contributed by atoms with Gasteiger partial charge in [0, 0.05) is 5.75 Å². The van der Waals surface area contributed by atoms with E-state index >= 15 is 0 Å². The molecule has 0 spiro atoms. The Morgan fingerprint density at radius 2 is 2.33 bits per heavy atom. The van der Waals surface area contributed by atoms with E-state index in [0.29, 0.717) is 16.7 Å². The molecule has 86 valence electrons. The molecule has 0 unspecified atom stereocenters. The summed E-state index contributed by atoms with van der Waals surface area (Å²) in [6.07, 6.45) is 4.34. The third-order valence-corrected chi connectivity index (χ3v) is 2.74. The van der Waals surface area contributed by atoms with Gasteiger partial charge in [-0.3, -0.25) is 5.32 Å². The number of rotatable bonds is 6. The lowest BCUT2D eigenvalue weighted by Gasteiger charge is -2.06. The van der Waals surface area contributed by atoms with E-state index in [-0.39, 0.29) is 0 Å². The summed E-state index contributed by atoms with van der Waals surface area (Å²) >= 11 is 6.25. The number of ether oxygens (including phenoxy) is 1. The van der Waals surface area contributed by atoms with Crippen LogP contribution in [-0.4, -0.2) is 22.8 Å². The summed E-state index contributed by atoms with van der Waals surface area (Å²) in [7, 11) is 0. The molecule has 0 aromatic heterocycles. The molecule has 0 aromatic rings. The Balaban J connectivity index is 3.46. The fourth-order valence-corrected chi connectivity index (χ4v) is 1.52. The van der Waals surface area contributed by atoms with Crippen LogP contribution in [0.25, 0.3) is 0 Å². The maximum absolute atomic E-state index is 11.1. The van der Waals surface area contributed by atoms with Crippen LogP contribution in [0.3, 0.4) is 0 Å². The maximum atomic E-state index is 11.1. The van der Waals surface area contributed by atoms with Crippen LogP contribution in [0.2, 0.25) is 0 Å². The van der Waals surface area contributed by atoms with Crippen molar-refractivity contribution in [3.63, 3.8) is 0 Å². The van der Waals surface area contributed by atoms with E-state index in [1.807, 2.05) is 0 Å². The molecule has 0 bridgehead atoms. The van der Waals surface area contributed by atoms with E-state index in [9.17, 15) is 4.79 Å². The number of hydrogen-bond donors (Lipinski definition) is 1. The van der Waals surface area contributed by atoms with Crippen molar-refractivity contribution in [3.8, 4) is 0 Å². The normalized spacial score (nSPS) is 9.40. The topological polar surface area (TPSA) is 38.3 Å². The van der Waals surface area contributed by atoms with E-state index < -0.39 is 6.09 Å². The molecule has 15 heavy (non-hydrogen) atoms. The molecule has 0 saturated heterocycles. The minimum absolute atomic E-state index is 0.426. The van der Waals surface area contributed by atoms with Crippen molar-refractivity contribution in [2.24, 2.45) is 0 Å². The van der Waals surface area contributed by atoms with Crippen LogP contribution >= 0.6 is 24.0 Å². The summed E-state index contributed by atoms with van der Waals surface area (Å²) in [5.74, 6) is 0.689. The van der Waals surface area contributed by atoms with Gasteiger partial charge in [-0.15, -0.1) is 6.58 Å². The lowest BCUT2D eigenvalue weighted by Crippen LogP contribution is -2.28. The van der Waals surface area contributed by atoms with Gasteiger partial charge in [0.25, 0.3) is 0 Å². The monoisotopic (exact) mass is 247 g/mol. The Bertz CT molecular complexity index is 219. The SMILES string of the molecule is C=CCSC(=S)NC(=O)OCCCCC. The summed E-state index contributed by atoms with van der Waals surface area (Å²) in [6.45, 7) is 6.11. The molecule has 0 fully saturated rings. The van der Waals surface area contributed by atoms with Gasteiger partial charge in [-0.1, -0.05) is 49.8 Å². The van der Waals surface area contributed by atoms with E-state index in [4.69, 9.17) is 17.0 Å². The molecule has 0 heterocycles. The smallest absolute Gasteiger partial charge is 0.412 e. The second-order valence-corrected chi connectivity index (χ2v) is 4.55. The number of unbranched alkanes of at least 4 members (excludes halogenated alkanes) is 2. The molecule has 1 N–H and O–H groups in total. The van der Waals surface area contributed by atoms with Crippen LogP contribution in [0.1, 0.15) is 26.2 Å². The van der Waals surface area contributed by atoms with Crippen molar-refractivity contribution in [2.75, 3.05) is 12.4 Å². The van der Waals surface area contributed by atoms with Gasteiger partial charge in [0.2, 0.25) is 0 Å². The first-order chi connectivity index (χ1) is 7.20. The number of thioether (sulfide) groups is 1. The standard InChI is InChI=1S/C10H17NO2S2/c1-3-5-6-7-13-9(12)11-10(14)15-8-4-2/h4H,2-3,5-8H2,1H3,(H,11,12,14). The van der Waals surface area contributed by atoms with Gasteiger partial charge in [-0.05, 0) is 6.42 Å². The Morgan fingerprint density at radius 3 is 2.93 bits per heavy atom. The molecule has 0 radical (unpaired) electrons. The van der Waals surface area contributed by atoms with E-state index in [2.05, 4.69) is 18.8 Å². The molecule has 0 aromatic carbocycles. The predicted molar refractivity (Wildman–Crippen MR) is 69.3 cm³/mol. The van der Waals surface area contributed by atoms with Gasteiger partial charge in [0.1, 0.15) is 4.32 Å². The third-order valence-electron chi connectivity index (χ3n) is 1.52. The Morgan fingerprint density at radius 1 is 1.60 bits per heavy atom. The van der Waals surface area contributed by atoms with Gasteiger partial charge < -0.3 is 4.74 Å². The Labute approximate surface area is 101 Å². The zero-order chi connectivity index (χ0) is 11.5. The predicted octanol–water partition coefficient (Wildman–Crippen LogP) is 3.11. The highest BCUT2D eigenvalue weighted by Crippen LogP contribution is 2.02. The first kappa shape index (κ1) is 14.5. The second-order valence-electron chi connectivity index (χ2n) is 2.86. The van der Waals surface area contributed by atoms with Crippen LogP contribution < -0.4 is 5.32 Å². The van der Waals surface area contributed by atoms with Crippen LogP contribution in [-0.2, 0) is 4.74 Å². The number of carbonyl (C=O) groups excluding carboxylic acids is 1. The lowest BCUT2D eigenvalue weighted by molar-refractivity contribution is 0.150. The average Bonchev–Trinajstić information content (AvgIpc) is 2.21. The fraction of sp³-hybridized carbons (Fsp3) is 0.600. The zero-order valence-electron chi connectivity index (χ0n) is 8.95. The summed E-state index contributed by atoms with van der Waals surface area (Å²) in [5, 5.41) is 2.48. The first-order valence-electron chi connectivity index (χ1n) is 4.92. The van der Waals surface area contributed by atoms with Crippen molar-refractivity contribution in [2.45, 2.75) is 26.2 Å². The molecule has 0 saturated carbocycles. The van der Waals surface area contributed by atoms with Crippen molar-refractivity contribution in [1.82, 2.24) is 5.32 Å². The van der Waals surface area contributed by atoms with Gasteiger partial charge >= 0.3 is 6.09 Å². The molecule has 1 amide bonds.